The smallest absolute Gasteiger partial charge is 0.0134 e. The second-order valence-corrected chi connectivity index (χ2v) is 3.17. The molecule has 0 heterocycles. The molecule has 1 unspecified atom stereocenters. The molecule has 0 bridgehead atoms. The van der Waals surface area contributed by atoms with Crippen molar-refractivity contribution in [1.82, 2.24) is 0 Å². The molecule has 0 spiro atoms. The highest BCUT2D eigenvalue weighted by Gasteiger charge is 2.12. The van der Waals surface area contributed by atoms with Gasteiger partial charge in [0, 0.05) is 0 Å². The van der Waals surface area contributed by atoms with Crippen LogP contribution in [0.15, 0.2) is 23.8 Å². The number of allylic oxidation sites excluding steroid dienone is 3. The average molecular weight is 135 g/mol. The monoisotopic (exact) mass is 135 g/mol. The Morgan fingerprint density at radius 1 is 1.60 bits per heavy atom. The van der Waals surface area contributed by atoms with Gasteiger partial charge >= 0.3 is 0 Å². The lowest BCUT2D eigenvalue weighted by Gasteiger charge is -2.19. The van der Waals surface area contributed by atoms with Crippen LogP contribution in [0, 0.1) is 12.3 Å². The highest BCUT2D eigenvalue weighted by Crippen LogP contribution is 2.26. The zero-order valence-electron chi connectivity index (χ0n) is 6.85. The van der Waals surface area contributed by atoms with Gasteiger partial charge in [-0.1, -0.05) is 23.8 Å². The van der Waals surface area contributed by atoms with Crippen LogP contribution in [0.3, 0.4) is 0 Å². The summed E-state index contributed by atoms with van der Waals surface area (Å²) in [6.45, 7) is 8.23. The largest absolute Gasteiger partial charge is 0.0998 e. The van der Waals surface area contributed by atoms with Crippen LogP contribution in [-0.4, -0.2) is 0 Å². The summed E-state index contributed by atoms with van der Waals surface area (Å²) in [5.74, 6) is 0.712. The fraction of sp³-hybridized carbons (Fsp3) is 0.500. The molecule has 0 heteroatoms. The van der Waals surface area contributed by atoms with Crippen LogP contribution in [0.4, 0.5) is 0 Å². The molecule has 0 N–H and O–H groups in total. The maximum Gasteiger partial charge on any atom is -0.0134 e. The molecular weight excluding hydrogens is 120 g/mol. The quantitative estimate of drug-likeness (QED) is 0.484. The molecule has 1 rings (SSSR count). The Balaban J connectivity index is 2.50. The molecular formula is C10H15. The molecule has 0 saturated heterocycles. The van der Waals surface area contributed by atoms with E-state index >= 15 is 0 Å². The van der Waals surface area contributed by atoms with E-state index in [-0.39, 0.29) is 0 Å². The fourth-order valence-electron chi connectivity index (χ4n) is 1.24. The highest BCUT2D eigenvalue weighted by molar-refractivity contribution is 5.18. The van der Waals surface area contributed by atoms with Crippen molar-refractivity contribution < 1.29 is 0 Å². The molecule has 55 valence electrons. The van der Waals surface area contributed by atoms with Gasteiger partial charge in [0.05, 0.1) is 0 Å². The molecule has 0 amide bonds. The van der Waals surface area contributed by atoms with E-state index in [1.807, 2.05) is 0 Å². The molecule has 1 aliphatic carbocycles. The Bertz CT molecular complexity index is 163. The average Bonchev–Trinajstić information content (AvgIpc) is 1.88. The van der Waals surface area contributed by atoms with Crippen LogP contribution < -0.4 is 0 Å². The third-order valence-corrected chi connectivity index (χ3v) is 2.15. The lowest BCUT2D eigenvalue weighted by Crippen LogP contribution is -2.05. The van der Waals surface area contributed by atoms with Crippen LogP contribution in [0.2, 0.25) is 0 Å². The van der Waals surface area contributed by atoms with Gasteiger partial charge in [-0.25, -0.2) is 0 Å². The second-order valence-electron chi connectivity index (χ2n) is 3.17. The van der Waals surface area contributed by atoms with E-state index in [1.54, 1.807) is 0 Å². The molecule has 0 aromatic heterocycles. The summed E-state index contributed by atoms with van der Waals surface area (Å²) in [4.78, 5) is 0. The SMILES string of the molecule is C=C(C)C1C[CH]C(C)=CC1. The molecule has 10 heavy (non-hydrogen) atoms. The molecule has 0 aliphatic heterocycles. The van der Waals surface area contributed by atoms with E-state index in [4.69, 9.17) is 0 Å². The second kappa shape index (κ2) is 3.05. The predicted molar refractivity (Wildman–Crippen MR) is 45.6 cm³/mol. The molecule has 0 aromatic rings. The van der Waals surface area contributed by atoms with Gasteiger partial charge in [-0.15, -0.1) is 0 Å². The topological polar surface area (TPSA) is 0 Å². The first-order chi connectivity index (χ1) is 4.70. The van der Waals surface area contributed by atoms with Crippen LogP contribution in [0.5, 0.6) is 0 Å². The molecule has 0 fully saturated rings. The van der Waals surface area contributed by atoms with E-state index in [0.29, 0.717) is 5.92 Å². The third kappa shape index (κ3) is 1.73. The fourth-order valence-corrected chi connectivity index (χ4v) is 1.24. The Kier molecular flexibility index (Phi) is 2.31. The van der Waals surface area contributed by atoms with Crippen LogP contribution in [0.25, 0.3) is 0 Å². The van der Waals surface area contributed by atoms with Crippen molar-refractivity contribution in [2.24, 2.45) is 5.92 Å². The van der Waals surface area contributed by atoms with Crippen LogP contribution in [0.1, 0.15) is 26.7 Å². The number of hydrogen-bond donors (Lipinski definition) is 0. The summed E-state index contributed by atoms with van der Waals surface area (Å²) in [6, 6.07) is 0. The van der Waals surface area contributed by atoms with Gasteiger partial charge in [-0.05, 0) is 39.0 Å². The molecule has 0 aromatic carbocycles. The van der Waals surface area contributed by atoms with E-state index in [1.165, 1.54) is 24.0 Å². The molecule has 1 radical (unpaired) electrons. The van der Waals surface area contributed by atoms with Crippen molar-refractivity contribution >= 4 is 0 Å². The summed E-state index contributed by atoms with van der Waals surface area (Å²) >= 11 is 0. The number of hydrogen-bond acceptors (Lipinski definition) is 0. The number of rotatable bonds is 1. The standard InChI is InChI=1S/C10H15/c1-8(2)10-6-4-9(3)5-7-10/h4-5,10H,1,6-7H2,2-3H3. The van der Waals surface area contributed by atoms with Crippen LogP contribution in [-0.2, 0) is 0 Å². The Labute approximate surface area is 63.6 Å². The lowest BCUT2D eigenvalue weighted by molar-refractivity contribution is 0.597. The van der Waals surface area contributed by atoms with E-state index < -0.39 is 0 Å². The normalized spacial score (nSPS) is 25.8. The summed E-state index contributed by atoms with van der Waals surface area (Å²) in [7, 11) is 0. The summed E-state index contributed by atoms with van der Waals surface area (Å²) in [6.07, 6.45) is 6.97. The van der Waals surface area contributed by atoms with Crippen LogP contribution >= 0.6 is 0 Å². The van der Waals surface area contributed by atoms with Gasteiger partial charge in [0.15, 0.2) is 0 Å². The minimum Gasteiger partial charge on any atom is -0.0998 e. The molecule has 1 aliphatic rings. The molecule has 0 saturated carbocycles. The van der Waals surface area contributed by atoms with Gasteiger partial charge in [-0.2, -0.15) is 0 Å². The maximum absolute atomic E-state index is 3.95. The van der Waals surface area contributed by atoms with Gasteiger partial charge in [0.1, 0.15) is 0 Å². The molecule has 0 nitrogen and oxygen atoms in total. The van der Waals surface area contributed by atoms with E-state index in [9.17, 15) is 0 Å². The van der Waals surface area contributed by atoms with Gasteiger partial charge in [0.25, 0.3) is 0 Å². The Morgan fingerprint density at radius 2 is 2.30 bits per heavy atom. The zero-order valence-corrected chi connectivity index (χ0v) is 6.85. The zero-order chi connectivity index (χ0) is 7.56. The van der Waals surface area contributed by atoms with Crippen molar-refractivity contribution in [1.29, 1.82) is 0 Å². The van der Waals surface area contributed by atoms with Crippen molar-refractivity contribution in [3.8, 4) is 0 Å². The van der Waals surface area contributed by atoms with Gasteiger partial charge < -0.3 is 0 Å². The lowest BCUT2D eigenvalue weighted by atomic mass is 9.86. The minimum absolute atomic E-state index is 0.712. The first-order valence-corrected chi connectivity index (χ1v) is 3.85. The Hall–Kier alpha value is -0.520. The van der Waals surface area contributed by atoms with Gasteiger partial charge in [0.2, 0.25) is 0 Å². The first kappa shape index (κ1) is 7.59. The first-order valence-electron chi connectivity index (χ1n) is 3.85. The third-order valence-electron chi connectivity index (χ3n) is 2.15. The minimum atomic E-state index is 0.712. The van der Waals surface area contributed by atoms with Crippen molar-refractivity contribution in [2.45, 2.75) is 26.7 Å². The van der Waals surface area contributed by atoms with Crippen molar-refractivity contribution in [2.75, 3.05) is 0 Å². The van der Waals surface area contributed by atoms with Crippen molar-refractivity contribution in [3.63, 3.8) is 0 Å². The summed E-state index contributed by atoms with van der Waals surface area (Å²) < 4.78 is 0. The van der Waals surface area contributed by atoms with E-state index in [0.717, 1.165) is 0 Å². The van der Waals surface area contributed by atoms with Crippen molar-refractivity contribution in [3.05, 3.63) is 30.2 Å². The summed E-state index contributed by atoms with van der Waals surface area (Å²) in [5.41, 5.74) is 2.75. The summed E-state index contributed by atoms with van der Waals surface area (Å²) in [5, 5.41) is 0. The Morgan fingerprint density at radius 3 is 2.70 bits per heavy atom. The predicted octanol–water partition coefficient (Wildman–Crippen LogP) is 3.12. The van der Waals surface area contributed by atoms with E-state index in [2.05, 4.69) is 32.9 Å². The highest BCUT2D eigenvalue weighted by atomic mass is 14.2. The molecule has 1 atom stereocenters. The maximum atomic E-state index is 3.95. The van der Waals surface area contributed by atoms with Gasteiger partial charge in [-0.3, -0.25) is 0 Å².